The van der Waals surface area contributed by atoms with Crippen LogP contribution in [0.1, 0.15) is 19.3 Å². The number of carbonyl (C=O) groups excluding carboxylic acids is 1. The van der Waals surface area contributed by atoms with Crippen LogP contribution in [0.5, 0.6) is 0 Å². The minimum Gasteiger partial charge on any atom is -0.469 e. The zero-order valence-corrected chi connectivity index (χ0v) is 7.52. The SMILES string of the molecule is COC(=O)C12CC(S(=O)O)(C1)C2. The lowest BCUT2D eigenvalue weighted by Crippen LogP contribution is -2.72. The first-order valence-corrected chi connectivity index (χ1v) is 4.85. The molecule has 12 heavy (non-hydrogen) atoms. The van der Waals surface area contributed by atoms with Crippen molar-refractivity contribution in [2.24, 2.45) is 5.41 Å². The molecule has 1 N–H and O–H groups in total. The predicted molar refractivity (Wildman–Crippen MR) is 41.8 cm³/mol. The van der Waals surface area contributed by atoms with Crippen molar-refractivity contribution < 1.29 is 18.3 Å². The van der Waals surface area contributed by atoms with Crippen molar-refractivity contribution in [2.45, 2.75) is 24.0 Å². The summed E-state index contributed by atoms with van der Waals surface area (Å²) in [6, 6.07) is 0. The fraction of sp³-hybridized carbons (Fsp3) is 0.857. The molecule has 68 valence electrons. The molecule has 3 fully saturated rings. The van der Waals surface area contributed by atoms with E-state index in [1.54, 1.807) is 0 Å². The van der Waals surface area contributed by atoms with Gasteiger partial charge in [0.2, 0.25) is 0 Å². The molecular formula is C7H10O4S. The van der Waals surface area contributed by atoms with Crippen LogP contribution in [0, 0.1) is 5.41 Å². The van der Waals surface area contributed by atoms with Crippen LogP contribution >= 0.6 is 0 Å². The second kappa shape index (κ2) is 2.09. The second-order valence-electron chi connectivity index (χ2n) is 3.73. The van der Waals surface area contributed by atoms with Gasteiger partial charge in [0.05, 0.1) is 17.3 Å². The van der Waals surface area contributed by atoms with Crippen LogP contribution in [0.4, 0.5) is 0 Å². The van der Waals surface area contributed by atoms with E-state index in [9.17, 15) is 9.00 Å². The maximum absolute atomic E-state index is 11.1. The molecule has 3 aliphatic rings. The molecule has 0 aromatic heterocycles. The van der Waals surface area contributed by atoms with Gasteiger partial charge in [0.25, 0.3) is 0 Å². The van der Waals surface area contributed by atoms with E-state index in [0.717, 1.165) is 0 Å². The van der Waals surface area contributed by atoms with E-state index in [0.29, 0.717) is 19.3 Å². The first-order chi connectivity index (χ1) is 5.55. The summed E-state index contributed by atoms with van der Waals surface area (Å²) in [5.41, 5.74) is -0.396. The maximum Gasteiger partial charge on any atom is 0.311 e. The molecule has 0 aromatic rings. The Morgan fingerprint density at radius 3 is 2.33 bits per heavy atom. The fourth-order valence-electron chi connectivity index (χ4n) is 2.31. The number of hydrogen-bond acceptors (Lipinski definition) is 3. The Hall–Kier alpha value is -0.420. The van der Waals surface area contributed by atoms with Crippen molar-refractivity contribution in [1.82, 2.24) is 0 Å². The highest BCUT2D eigenvalue weighted by Crippen LogP contribution is 2.70. The van der Waals surface area contributed by atoms with Gasteiger partial charge in [0, 0.05) is 0 Å². The van der Waals surface area contributed by atoms with Gasteiger partial charge < -0.3 is 9.29 Å². The normalized spacial score (nSPS) is 45.5. The van der Waals surface area contributed by atoms with Gasteiger partial charge in [-0.2, -0.15) is 0 Å². The summed E-state index contributed by atoms with van der Waals surface area (Å²) in [5.74, 6) is -0.227. The summed E-state index contributed by atoms with van der Waals surface area (Å²) in [6.45, 7) is 0. The van der Waals surface area contributed by atoms with Gasteiger partial charge in [-0.25, -0.2) is 4.21 Å². The van der Waals surface area contributed by atoms with Crippen molar-refractivity contribution in [2.75, 3.05) is 7.11 Å². The molecule has 0 amide bonds. The van der Waals surface area contributed by atoms with Crippen LogP contribution in [-0.4, -0.2) is 26.6 Å². The molecule has 3 saturated carbocycles. The highest BCUT2D eigenvalue weighted by atomic mass is 32.2. The number of rotatable bonds is 2. The third kappa shape index (κ3) is 0.707. The van der Waals surface area contributed by atoms with Gasteiger partial charge in [-0.15, -0.1) is 0 Å². The van der Waals surface area contributed by atoms with Gasteiger partial charge in [-0.05, 0) is 19.3 Å². The number of ether oxygens (including phenoxy) is 1. The monoisotopic (exact) mass is 190 g/mol. The average molecular weight is 190 g/mol. The molecule has 0 radical (unpaired) electrons. The van der Waals surface area contributed by atoms with Gasteiger partial charge in [0.15, 0.2) is 11.1 Å². The van der Waals surface area contributed by atoms with Crippen LogP contribution in [0.25, 0.3) is 0 Å². The number of carbonyl (C=O) groups is 1. The molecule has 2 bridgehead atoms. The molecule has 0 aromatic carbocycles. The zero-order valence-electron chi connectivity index (χ0n) is 6.70. The predicted octanol–water partition coefficient (Wildman–Crippen LogP) is 0.304. The van der Waals surface area contributed by atoms with Gasteiger partial charge in [-0.3, -0.25) is 4.79 Å². The van der Waals surface area contributed by atoms with E-state index in [-0.39, 0.29) is 5.97 Å². The summed E-state index contributed by atoms with van der Waals surface area (Å²) < 4.78 is 23.7. The van der Waals surface area contributed by atoms with E-state index in [2.05, 4.69) is 4.74 Å². The van der Waals surface area contributed by atoms with Crippen molar-refractivity contribution in [3.8, 4) is 0 Å². The van der Waals surface area contributed by atoms with Gasteiger partial charge in [0.1, 0.15) is 0 Å². The van der Waals surface area contributed by atoms with Crippen LogP contribution < -0.4 is 0 Å². The summed E-state index contributed by atoms with van der Waals surface area (Å²) in [4.78, 5) is 11.1. The number of hydrogen-bond donors (Lipinski definition) is 1. The molecule has 0 spiro atoms. The van der Waals surface area contributed by atoms with Crippen molar-refractivity contribution in [3.63, 3.8) is 0 Å². The van der Waals surface area contributed by atoms with E-state index in [1.807, 2.05) is 0 Å². The molecule has 0 heterocycles. The van der Waals surface area contributed by atoms with Crippen LogP contribution in [-0.2, 0) is 20.6 Å². The smallest absolute Gasteiger partial charge is 0.311 e. The molecule has 1 atom stereocenters. The fourth-order valence-corrected chi connectivity index (χ4v) is 3.51. The summed E-state index contributed by atoms with van der Waals surface area (Å²) >= 11 is -1.78. The standard InChI is InChI=1S/C7H10O4S/c1-11-5(8)6-2-7(3-6,4-6)12(9)10/h2-4H2,1H3,(H,9,10). The Morgan fingerprint density at radius 1 is 1.50 bits per heavy atom. The summed E-state index contributed by atoms with van der Waals surface area (Å²) in [5, 5.41) is 0. The molecule has 0 saturated heterocycles. The maximum atomic E-state index is 11.1. The molecule has 0 aliphatic heterocycles. The summed E-state index contributed by atoms with van der Waals surface area (Å²) in [6.07, 6.45) is 1.57. The van der Waals surface area contributed by atoms with Crippen molar-refractivity contribution >= 4 is 17.0 Å². The minimum absolute atomic E-state index is 0.227. The highest BCUT2D eigenvalue weighted by molar-refractivity contribution is 7.81. The molecule has 4 nitrogen and oxygen atoms in total. The molecule has 3 rings (SSSR count). The molecule has 5 heteroatoms. The molecule has 1 unspecified atom stereocenters. The Kier molecular flexibility index (Phi) is 1.42. The zero-order chi connectivity index (χ0) is 8.98. The van der Waals surface area contributed by atoms with Gasteiger partial charge in [-0.1, -0.05) is 0 Å². The Morgan fingerprint density at radius 2 is 2.00 bits per heavy atom. The van der Waals surface area contributed by atoms with E-state index < -0.39 is 21.2 Å². The Bertz CT molecular complexity index is 253. The topological polar surface area (TPSA) is 63.6 Å². The molecule has 3 aliphatic carbocycles. The highest BCUT2D eigenvalue weighted by Gasteiger charge is 2.75. The number of methoxy groups -OCH3 is 1. The largest absolute Gasteiger partial charge is 0.469 e. The Balaban J connectivity index is 2.04. The minimum atomic E-state index is -1.78. The lowest BCUT2D eigenvalue weighted by atomic mass is 9.43. The van der Waals surface area contributed by atoms with Crippen LogP contribution in [0.3, 0.4) is 0 Å². The second-order valence-corrected chi connectivity index (χ2v) is 5.10. The third-order valence-corrected chi connectivity index (χ3v) is 4.14. The first kappa shape index (κ1) is 8.19. The average Bonchev–Trinajstić information content (AvgIpc) is 1.80. The first-order valence-electron chi connectivity index (χ1n) is 3.74. The van der Waals surface area contributed by atoms with Crippen LogP contribution in [0.2, 0.25) is 0 Å². The van der Waals surface area contributed by atoms with Gasteiger partial charge >= 0.3 is 5.97 Å². The van der Waals surface area contributed by atoms with E-state index in [1.165, 1.54) is 7.11 Å². The summed E-state index contributed by atoms with van der Waals surface area (Å²) in [7, 11) is 1.35. The molecular weight excluding hydrogens is 180 g/mol. The lowest BCUT2D eigenvalue weighted by molar-refractivity contribution is -0.182. The number of esters is 1. The van der Waals surface area contributed by atoms with Crippen molar-refractivity contribution in [1.29, 1.82) is 0 Å². The third-order valence-electron chi connectivity index (χ3n) is 2.97. The Labute approximate surface area is 72.6 Å². The van der Waals surface area contributed by atoms with E-state index >= 15 is 0 Å². The van der Waals surface area contributed by atoms with Crippen LogP contribution in [0.15, 0.2) is 0 Å². The van der Waals surface area contributed by atoms with Crippen molar-refractivity contribution in [3.05, 3.63) is 0 Å². The lowest BCUT2D eigenvalue weighted by Gasteiger charge is -2.65. The van der Waals surface area contributed by atoms with E-state index in [4.69, 9.17) is 4.55 Å². The quantitative estimate of drug-likeness (QED) is 0.502.